The number of nitrogens with one attached hydrogen (secondary N) is 2. The standard InChI is InChI=1S/C19H19N3O2/c1-13-8-14(2)10-16(9-13)22-15-5-6-20-18(11-15)19(23)21-12-17-4-3-7-24-17/h3-11H,12H2,1-2H3,(H,20,22)(H,21,23). The highest BCUT2D eigenvalue weighted by molar-refractivity contribution is 5.93. The van der Waals surface area contributed by atoms with Gasteiger partial charge in [-0.2, -0.15) is 0 Å². The first kappa shape index (κ1) is 15.8. The summed E-state index contributed by atoms with van der Waals surface area (Å²) in [6, 6.07) is 13.4. The number of aryl methyl sites for hydroxylation is 2. The highest BCUT2D eigenvalue weighted by atomic mass is 16.3. The molecule has 122 valence electrons. The molecular weight excluding hydrogens is 302 g/mol. The topological polar surface area (TPSA) is 67.2 Å². The van der Waals surface area contributed by atoms with Gasteiger partial charge in [-0.3, -0.25) is 9.78 Å². The molecule has 0 aliphatic rings. The van der Waals surface area contributed by atoms with Gasteiger partial charge in [-0.15, -0.1) is 0 Å². The summed E-state index contributed by atoms with van der Waals surface area (Å²) in [6.07, 6.45) is 3.20. The number of anilines is 2. The van der Waals surface area contributed by atoms with E-state index in [4.69, 9.17) is 4.42 Å². The van der Waals surface area contributed by atoms with Crippen LogP contribution in [0.4, 0.5) is 11.4 Å². The average Bonchev–Trinajstić information content (AvgIpc) is 3.05. The minimum Gasteiger partial charge on any atom is -0.467 e. The third kappa shape index (κ3) is 4.01. The van der Waals surface area contributed by atoms with E-state index in [1.54, 1.807) is 24.6 Å². The van der Waals surface area contributed by atoms with E-state index in [1.807, 2.05) is 12.1 Å². The van der Waals surface area contributed by atoms with Crippen LogP contribution in [0.3, 0.4) is 0 Å². The first-order valence-electron chi connectivity index (χ1n) is 7.72. The van der Waals surface area contributed by atoms with Gasteiger partial charge in [-0.1, -0.05) is 6.07 Å². The van der Waals surface area contributed by atoms with Crippen LogP contribution in [0.1, 0.15) is 27.4 Å². The van der Waals surface area contributed by atoms with Crippen molar-refractivity contribution in [1.29, 1.82) is 0 Å². The van der Waals surface area contributed by atoms with Gasteiger partial charge in [0, 0.05) is 17.6 Å². The Bertz CT molecular complexity index is 821. The van der Waals surface area contributed by atoms with Gasteiger partial charge in [0.25, 0.3) is 5.91 Å². The summed E-state index contributed by atoms with van der Waals surface area (Å²) in [5.41, 5.74) is 4.53. The van der Waals surface area contributed by atoms with Crippen molar-refractivity contribution in [3.63, 3.8) is 0 Å². The molecule has 0 bridgehead atoms. The highest BCUT2D eigenvalue weighted by Crippen LogP contribution is 2.19. The van der Waals surface area contributed by atoms with Crippen molar-refractivity contribution < 1.29 is 9.21 Å². The zero-order chi connectivity index (χ0) is 16.9. The van der Waals surface area contributed by atoms with Crippen LogP contribution in [0.15, 0.2) is 59.3 Å². The molecule has 0 aliphatic heterocycles. The predicted molar refractivity (Wildman–Crippen MR) is 93.3 cm³/mol. The van der Waals surface area contributed by atoms with E-state index < -0.39 is 0 Å². The third-order valence-electron chi connectivity index (χ3n) is 3.51. The fourth-order valence-electron chi connectivity index (χ4n) is 2.52. The van der Waals surface area contributed by atoms with Crippen LogP contribution < -0.4 is 10.6 Å². The maximum atomic E-state index is 12.2. The van der Waals surface area contributed by atoms with Gasteiger partial charge in [0.2, 0.25) is 0 Å². The van der Waals surface area contributed by atoms with Crippen molar-refractivity contribution in [2.75, 3.05) is 5.32 Å². The summed E-state index contributed by atoms with van der Waals surface area (Å²) in [5, 5.41) is 6.10. The zero-order valence-corrected chi connectivity index (χ0v) is 13.7. The van der Waals surface area contributed by atoms with Crippen molar-refractivity contribution in [2.45, 2.75) is 20.4 Å². The molecular formula is C19H19N3O2. The largest absolute Gasteiger partial charge is 0.467 e. The Balaban J connectivity index is 1.70. The Morgan fingerprint density at radius 1 is 1.08 bits per heavy atom. The smallest absolute Gasteiger partial charge is 0.270 e. The molecule has 5 nitrogen and oxygen atoms in total. The normalized spacial score (nSPS) is 10.4. The second kappa shape index (κ2) is 7.00. The molecule has 0 atom stereocenters. The van der Waals surface area contributed by atoms with E-state index in [0.29, 0.717) is 18.0 Å². The SMILES string of the molecule is Cc1cc(C)cc(Nc2ccnc(C(=O)NCc3ccco3)c2)c1. The van der Waals surface area contributed by atoms with E-state index in [9.17, 15) is 4.79 Å². The second-order valence-electron chi connectivity index (χ2n) is 5.69. The molecule has 24 heavy (non-hydrogen) atoms. The predicted octanol–water partition coefficient (Wildman–Crippen LogP) is 3.97. The van der Waals surface area contributed by atoms with Crippen LogP contribution >= 0.6 is 0 Å². The number of hydrogen-bond acceptors (Lipinski definition) is 4. The fourth-order valence-corrected chi connectivity index (χ4v) is 2.52. The van der Waals surface area contributed by atoms with Crippen LogP contribution in [-0.4, -0.2) is 10.9 Å². The average molecular weight is 321 g/mol. The Morgan fingerprint density at radius 3 is 2.58 bits per heavy atom. The molecule has 2 N–H and O–H groups in total. The summed E-state index contributed by atoms with van der Waals surface area (Å²) in [5.74, 6) is 0.461. The maximum absolute atomic E-state index is 12.2. The molecule has 3 aromatic rings. The van der Waals surface area contributed by atoms with Crippen molar-refractivity contribution in [1.82, 2.24) is 10.3 Å². The van der Waals surface area contributed by atoms with Gasteiger partial charge >= 0.3 is 0 Å². The summed E-state index contributed by atoms with van der Waals surface area (Å²) in [7, 11) is 0. The van der Waals surface area contributed by atoms with Gasteiger partial charge in [0.15, 0.2) is 0 Å². The summed E-state index contributed by atoms with van der Waals surface area (Å²) in [4.78, 5) is 16.3. The Morgan fingerprint density at radius 2 is 1.88 bits per heavy atom. The van der Waals surface area contributed by atoms with Gasteiger partial charge in [-0.25, -0.2) is 0 Å². The number of pyridine rings is 1. The maximum Gasteiger partial charge on any atom is 0.270 e. The molecule has 1 aromatic carbocycles. The quantitative estimate of drug-likeness (QED) is 0.746. The molecule has 2 aromatic heterocycles. The number of nitrogens with zero attached hydrogens (tertiary/aromatic N) is 1. The minimum atomic E-state index is -0.240. The number of carbonyl (C=O) groups is 1. The zero-order valence-electron chi connectivity index (χ0n) is 13.7. The molecule has 0 radical (unpaired) electrons. The lowest BCUT2D eigenvalue weighted by atomic mass is 10.1. The summed E-state index contributed by atoms with van der Waals surface area (Å²) in [6.45, 7) is 4.44. The highest BCUT2D eigenvalue weighted by Gasteiger charge is 2.09. The van der Waals surface area contributed by atoms with Crippen LogP contribution in [-0.2, 0) is 6.54 Å². The molecule has 0 spiro atoms. The van der Waals surface area contributed by atoms with E-state index in [0.717, 1.165) is 11.4 Å². The summed E-state index contributed by atoms with van der Waals surface area (Å²) >= 11 is 0. The molecule has 0 saturated heterocycles. The van der Waals surface area contributed by atoms with Gasteiger partial charge < -0.3 is 15.1 Å². The second-order valence-corrected chi connectivity index (χ2v) is 5.69. The van der Waals surface area contributed by atoms with Crippen LogP contribution in [0.5, 0.6) is 0 Å². The number of carbonyl (C=O) groups excluding carboxylic acids is 1. The van der Waals surface area contributed by atoms with Gasteiger partial charge in [0.1, 0.15) is 11.5 Å². The van der Waals surface area contributed by atoms with Crippen LogP contribution in [0, 0.1) is 13.8 Å². The van der Waals surface area contributed by atoms with E-state index in [1.165, 1.54) is 11.1 Å². The van der Waals surface area contributed by atoms with Crippen molar-refractivity contribution >= 4 is 17.3 Å². The Hall–Kier alpha value is -3.08. The molecule has 0 saturated carbocycles. The van der Waals surface area contributed by atoms with E-state index in [-0.39, 0.29) is 5.91 Å². The van der Waals surface area contributed by atoms with Crippen molar-refractivity contribution in [3.05, 3.63) is 77.5 Å². The van der Waals surface area contributed by atoms with Crippen LogP contribution in [0.2, 0.25) is 0 Å². The number of rotatable bonds is 5. The number of furan rings is 1. The molecule has 0 fully saturated rings. The first-order chi connectivity index (χ1) is 11.6. The number of aromatic nitrogens is 1. The van der Waals surface area contributed by atoms with Gasteiger partial charge in [-0.05, 0) is 61.4 Å². The van der Waals surface area contributed by atoms with Gasteiger partial charge in [0.05, 0.1) is 12.8 Å². The Kier molecular flexibility index (Phi) is 4.61. The van der Waals surface area contributed by atoms with E-state index >= 15 is 0 Å². The summed E-state index contributed by atoms with van der Waals surface area (Å²) < 4.78 is 5.20. The first-order valence-corrected chi connectivity index (χ1v) is 7.72. The lowest BCUT2D eigenvalue weighted by molar-refractivity contribution is 0.0943. The van der Waals surface area contributed by atoms with Crippen LogP contribution in [0.25, 0.3) is 0 Å². The number of amides is 1. The minimum absolute atomic E-state index is 0.240. The molecule has 3 rings (SSSR count). The lowest BCUT2D eigenvalue weighted by Gasteiger charge is -2.10. The molecule has 0 aliphatic carbocycles. The van der Waals surface area contributed by atoms with E-state index in [2.05, 4.69) is 47.7 Å². The van der Waals surface area contributed by atoms with Crippen molar-refractivity contribution in [2.24, 2.45) is 0 Å². The fraction of sp³-hybridized carbons (Fsp3) is 0.158. The number of benzene rings is 1. The Labute approximate surface area is 140 Å². The molecule has 5 heteroatoms. The molecule has 0 unspecified atom stereocenters. The monoisotopic (exact) mass is 321 g/mol. The molecule has 1 amide bonds. The van der Waals surface area contributed by atoms with Crippen molar-refractivity contribution in [3.8, 4) is 0 Å². The molecule has 2 heterocycles. The lowest BCUT2D eigenvalue weighted by Crippen LogP contribution is -2.23. The third-order valence-corrected chi connectivity index (χ3v) is 3.51. The number of hydrogen-bond donors (Lipinski definition) is 2.